The van der Waals surface area contributed by atoms with Crippen LogP contribution in [0.25, 0.3) is 0 Å². The van der Waals surface area contributed by atoms with E-state index in [-0.39, 0.29) is 0 Å². The molecule has 88 valence electrons. The molecule has 2 rings (SSSR count). The van der Waals surface area contributed by atoms with E-state index in [4.69, 9.17) is 10.5 Å². The van der Waals surface area contributed by atoms with Gasteiger partial charge in [0.2, 0.25) is 0 Å². The monoisotopic (exact) mass is 219 g/mol. The molecule has 1 aromatic rings. The van der Waals surface area contributed by atoms with Gasteiger partial charge in [-0.25, -0.2) is 0 Å². The highest BCUT2D eigenvalue weighted by Crippen LogP contribution is 2.22. The second-order valence-corrected chi connectivity index (χ2v) is 4.52. The van der Waals surface area contributed by atoms with Crippen LogP contribution in [0.5, 0.6) is 0 Å². The molecule has 1 aliphatic carbocycles. The van der Waals surface area contributed by atoms with Crippen LogP contribution in [0.2, 0.25) is 0 Å². The zero-order valence-corrected chi connectivity index (χ0v) is 9.82. The Bertz CT molecular complexity index is 318. The average Bonchev–Trinajstić information content (AvgIpc) is 2.81. The summed E-state index contributed by atoms with van der Waals surface area (Å²) < 4.78 is 5.94. The first-order valence-electron chi connectivity index (χ1n) is 6.28. The Morgan fingerprint density at radius 2 is 1.81 bits per heavy atom. The maximum atomic E-state index is 5.94. The van der Waals surface area contributed by atoms with Crippen LogP contribution in [0.1, 0.15) is 36.8 Å². The van der Waals surface area contributed by atoms with Crippen LogP contribution < -0.4 is 5.73 Å². The summed E-state index contributed by atoms with van der Waals surface area (Å²) in [5.74, 6) is 0. The highest BCUT2D eigenvalue weighted by molar-refractivity contribution is 5.26. The Morgan fingerprint density at radius 3 is 2.50 bits per heavy atom. The van der Waals surface area contributed by atoms with E-state index in [1.807, 2.05) is 0 Å². The van der Waals surface area contributed by atoms with E-state index >= 15 is 0 Å². The minimum atomic E-state index is 0.492. The molecule has 16 heavy (non-hydrogen) atoms. The number of hydrogen-bond acceptors (Lipinski definition) is 2. The Balaban J connectivity index is 1.91. The van der Waals surface area contributed by atoms with Crippen LogP contribution >= 0.6 is 0 Å². The molecule has 0 amide bonds. The number of benzene rings is 1. The van der Waals surface area contributed by atoms with Crippen molar-refractivity contribution in [3.63, 3.8) is 0 Å². The van der Waals surface area contributed by atoms with E-state index < -0.39 is 0 Å². The fourth-order valence-electron chi connectivity index (χ4n) is 2.36. The van der Waals surface area contributed by atoms with Crippen molar-refractivity contribution < 1.29 is 4.74 Å². The molecule has 2 N–H and O–H groups in total. The minimum absolute atomic E-state index is 0.492. The molecule has 0 heterocycles. The third kappa shape index (κ3) is 3.06. The second kappa shape index (κ2) is 6.02. The van der Waals surface area contributed by atoms with Crippen molar-refractivity contribution in [2.75, 3.05) is 6.54 Å². The van der Waals surface area contributed by atoms with Crippen LogP contribution in [0.4, 0.5) is 0 Å². The summed E-state index contributed by atoms with van der Waals surface area (Å²) in [5, 5.41) is 0. The van der Waals surface area contributed by atoms with Gasteiger partial charge in [0, 0.05) is 0 Å². The highest BCUT2D eigenvalue weighted by atomic mass is 16.5. The van der Waals surface area contributed by atoms with Crippen molar-refractivity contribution >= 4 is 0 Å². The molecule has 1 aromatic carbocycles. The molecule has 2 heteroatoms. The van der Waals surface area contributed by atoms with Gasteiger partial charge in [-0.1, -0.05) is 37.1 Å². The molecular weight excluding hydrogens is 198 g/mol. The van der Waals surface area contributed by atoms with E-state index in [0.717, 1.165) is 13.0 Å². The van der Waals surface area contributed by atoms with E-state index in [0.29, 0.717) is 12.6 Å². The van der Waals surface area contributed by atoms with Crippen molar-refractivity contribution in [3.8, 4) is 0 Å². The predicted octanol–water partition coefficient (Wildman–Crippen LogP) is 2.65. The zero-order valence-electron chi connectivity index (χ0n) is 9.82. The third-order valence-electron chi connectivity index (χ3n) is 3.31. The largest absolute Gasteiger partial charge is 0.374 e. The fraction of sp³-hybridized carbons (Fsp3) is 0.571. The first-order chi connectivity index (χ1) is 7.90. The molecule has 2 nitrogen and oxygen atoms in total. The number of hydrogen-bond donors (Lipinski definition) is 1. The topological polar surface area (TPSA) is 35.2 Å². The first kappa shape index (κ1) is 11.6. The van der Waals surface area contributed by atoms with Crippen LogP contribution in [-0.4, -0.2) is 12.6 Å². The van der Waals surface area contributed by atoms with Crippen LogP contribution in [0.15, 0.2) is 24.3 Å². The summed E-state index contributed by atoms with van der Waals surface area (Å²) in [7, 11) is 0. The number of nitrogens with two attached hydrogens (primary N) is 1. The van der Waals surface area contributed by atoms with E-state index in [1.165, 1.54) is 36.8 Å². The zero-order chi connectivity index (χ0) is 11.2. The van der Waals surface area contributed by atoms with E-state index in [2.05, 4.69) is 24.3 Å². The lowest BCUT2D eigenvalue weighted by Crippen LogP contribution is -2.10. The minimum Gasteiger partial charge on any atom is -0.374 e. The fourth-order valence-corrected chi connectivity index (χ4v) is 2.36. The maximum Gasteiger partial charge on any atom is 0.0723 e. The molecule has 1 fully saturated rings. The Hall–Kier alpha value is -0.860. The van der Waals surface area contributed by atoms with Gasteiger partial charge in [-0.05, 0) is 36.9 Å². The van der Waals surface area contributed by atoms with Gasteiger partial charge in [0.1, 0.15) is 0 Å². The molecule has 0 unspecified atom stereocenters. The number of rotatable bonds is 5. The molecule has 0 bridgehead atoms. The standard InChI is InChI=1S/C14H21NO/c15-10-9-12-5-1-2-6-13(12)11-16-14-7-3-4-8-14/h1-2,5-6,14H,3-4,7-11,15H2. The van der Waals surface area contributed by atoms with Crippen molar-refractivity contribution in [1.29, 1.82) is 0 Å². The van der Waals surface area contributed by atoms with Gasteiger partial charge >= 0.3 is 0 Å². The van der Waals surface area contributed by atoms with E-state index in [9.17, 15) is 0 Å². The van der Waals surface area contributed by atoms with Gasteiger partial charge in [0.15, 0.2) is 0 Å². The Labute approximate surface area is 97.8 Å². The van der Waals surface area contributed by atoms with Crippen LogP contribution in [0, 0.1) is 0 Å². The molecule has 0 aliphatic heterocycles. The first-order valence-corrected chi connectivity index (χ1v) is 6.28. The number of ether oxygens (including phenoxy) is 1. The van der Waals surface area contributed by atoms with Gasteiger partial charge < -0.3 is 10.5 Å². The molecule has 0 saturated heterocycles. The third-order valence-corrected chi connectivity index (χ3v) is 3.31. The highest BCUT2D eigenvalue weighted by Gasteiger charge is 2.15. The summed E-state index contributed by atoms with van der Waals surface area (Å²) >= 11 is 0. The van der Waals surface area contributed by atoms with Gasteiger partial charge in [-0.15, -0.1) is 0 Å². The quantitative estimate of drug-likeness (QED) is 0.826. The van der Waals surface area contributed by atoms with Gasteiger partial charge in [-0.3, -0.25) is 0 Å². The summed E-state index contributed by atoms with van der Waals surface area (Å²) in [4.78, 5) is 0. The molecule has 0 radical (unpaired) electrons. The van der Waals surface area contributed by atoms with Crippen molar-refractivity contribution in [1.82, 2.24) is 0 Å². The summed E-state index contributed by atoms with van der Waals surface area (Å²) in [6.45, 7) is 1.46. The van der Waals surface area contributed by atoms with Gasteiger partial charge in [0.05, 0.1) is 12.7 Å². The summed E-state index contributed by atoms with van der Waals surface area (Å²) in [6, 6.07) is 8.46. The molecule has 0 spiro atoms. The average molecular weight is 219 g/mol. The van der Waals surface area contributed by atoms with Gasteiger partial charge in [-0.2, -0.15) is 0 Å². The molecule has 1 saturated carbocycles. The lowest BCUT2D eigenvalue weighted by molar-refractivity contribution is 0.0453. The lowest BCUT2D eigenvalue weighted by atomic mass is 10.1. The normalized spacial score (nSPS) is 16.8. The maximum absolute atomic E-state index is 5.94. The predicted molar refractivity (Wildman–Crippen MR) is 66.2 cm³/mol. The smallest absolute Gasteiger partial charge is 0.0723 e. The lowest BCUT2D eigenvalue weighted by Gasteiger charge is -2.13. The summed E-state index contributed by atoms with van der Waals surface area (Å²) in [6.07, 6.45) is 6.57. The van der Waals surface area contributed by atoms with Crippen LogP contribution in [-0.2, 0) is 17.8 Å². The second-order valence-electron chi connectivity index (χ2n) is 4.52. The van der Waals surface area contributed by atoms with Crippen LogP contribution in [0.3, 0.4) is 0 Å². The Kier molecular flexibility index (Phi) is 4.37. The molecular formula is C14H21NO. The molecule has 0 aromatic heterocycles. The van der Waals surface area contributed by atoms with Gasteiger partial charge in [0.25, 0.3) is 0 Å². The molecule has 1 aliphatic rings. The summed E-state index contributed by atoms with van der Waals surface area (Å²) in [5.41, 5.74) is 8.25. The molecule has 0 atom stereocenters. The van der Waals surface area contributed by atoms with Crippen molar-refractivity contribution in [2.24, 2.45) is 5.73 Å². The van der Waals surface area contributed by atoms with E-state index in [1.54, 1.807) is 0 Å². The van der Waals surface area contributed by atoms with Crippen molar-refractivity contribution in [2.45, 2.75) is 44.8 Å². The Morgan fingerprint density at radius 1 is 1.12 bits per heavy atom. The van der Waals surface area contributed by atoms with Crippen molar-refractivity contribution in [3.05, 3.63) is 35.4 Å². The SMILES string of the molecule is NCCc1ccccc1COC1CCCC1.